The van der Waals surface area contributed by atoms with E-state index in [2.05, 4.69) is 0 Å². The molecule has 0 aliphatic carbocycles. The van der Waals surface area contributed by atoms with Crippen LogP contribution in [0.5, 0.6) is 5.75 Å². The van der Waals surface area contributed by atoms with Gasteiger partial charge in [0.15, 0.2) is 0 Å². The molecule has 23 heavy (non-hydrogen) atoms. The number of aliphatic hydroxyl groups is 1. The Bertz CT molecular complexity index is 715. The minimum Gasteiger partial charge on any atom is -0.485 e. The third-order valence-electron chi connectivity index (χ3n) is 3.95. The lowest BCUT2D eigenvalue weighted by atomic mass is 9.86. The largest absolute Gasteiger partial charge is 0.485 e. The number of rotatable bonds is 2. The first-order valence-electron chi connectivity index (χ1n) is 6.76. The number of fused-ring (bicyclic) bond motifs is 1. The molecule has 2 rings (SSSR count). The molecule has 0 saturated heterocycles. The zero-order valence-corrected chi connectivity index (χ0v) is 13.9. The molecule has 0 saturated carbocycles. The van der Waals surface area contributed by atoms with Crippen LogP contribution in [0.2, 0.25) is 0 Å². The van der Waals surface area contributed by atoms with E-state index in [1.54, 1.807) is 13.8 Å². The van der Waals surface area contributed by atoms with Crippen molar-refractivity contribution < 1.29 is 31.4 Å². The SMILES string of the molecule is CN([C@H]1c2cc(C(F)(F)F)ccc2OC(C)(C)[C@@H]1O)S(C)(=O)=O. The number of hydrogen-bond donors (Lipinski definition) is 1. The zero-order chi connectivity index (χ0) is 17.8. The second-order valence-electron chi connectivity index (χ2n) is 6.12. The molecule has 0 spiro atoms. The molecule has 1 aromatic carbocycles. The molecule has 0 amide bonds. The van der Waals surface area contributed by atoms with Crippen LogP contribution in [0.15, 0.2) is 18.2 Å². The summed E-state index contributed by atoms with van der Waals surface area (Å²) in [4.78, 5) is 0. The topological polar surface area (TPSA) is 66.8 Å². The highest BCUT2D eigenvalue weighted by molar-refractivity contribution is 7.88. The predicted molar refractivity (Wildman–Crippen MR) is 77.5 cm³/mol. The van der Waals surface area contributed by atoms with Crippen molar-refractivity contribution in [1.82, 2.24) is 4.31 Å². The molecular weight excluding hydrogens is 335 g/mol. The molecule has 0 bridgehead atoms. The summed E-state index contributed by atoms with van der Waals surface area (Å²) < 4.78 is 68.9. The quantitative estimate of drug-likeness (QED) is 0.885. The van der Waals surface area contributed by atoms with Crippen LogP contribution in [-0.4, -0.2) is 42.8 Å². The van der Waals surface area contributed by atoms with Gasteiger partial charge in [-0.1, -0.05) is 0 Å². The van der Waals surface area contributed by atoms with Crippen molar-refractivity contribution in [2.24, 2.45) is 0 Å². The summed E-state index contributed by atoms with van der Waals surface area (Å²) in [5.74, 6) is 0.119. The Morgan fingerprint density at radius 2 is 1.87 bits per heavy atom. The van der Waals surface area contributed by atoms with E-state index in [4.69, 9.17) is 4.74 Å². The van der Waals surface area contributed by atoms with Crippen LogP contribution in [0.1, 0.15) is 31.0 Å². The van der Waals surface area contributed by atoms with Crippen molar-refractivity contribution in [2.75, 3.05) is 13.3 Å². The van der Waals surface area contributed by atoms with Gasteiger partial charge >= 0.3 is 6.18 Å². The lowest BCUT2D eigenvalue weighted by Gasteiger charge is -2.44. The Balaban J connectivity index is 2.66. The average Bonchev–Trinajstić information content (AvgIpc) is 2.36. The highest BCUT2D eigenvalue weighted by Crippen LogP contribution is 2.45. The van der Waals surface area contributed by atoms with E-state index in [9.17, 15) is 26.7 Å². The number of halogens is 3. The summed E-state index contributed by atoms with van der Waals surface area (Å²) in [6, 6.07) is 1.66. The molecule has 5 nitrogen and oxygen atoms in total. The summed E-state index contributed by atoms with van der Waals surface area (Å²) >= 11 is 0. The van der Waals surface area contributed by atoms with Gasteiger partial charge in [-0.05, 0) is 32.0 Å². The van der Waals surface area contributed by atoms with Crippen molar-refractivity contribution in [1.29, 1.82) is 0 Å². The van der Waals surface area contributed by atoms with Crippen LogP contribution in [-0.2, 0) is 16.2 Å². The van der Waals surface area contributed by atoms with Gasteiger partial charge in [0, 0.05) is 12.6 Å². The van der Waals surface area contributed by atoms with Crippen LogP contribution < -0.4 is 4.74 Å². The van der Waals surface area contributed by atoms with Gasteiger partial charge in [0.25, 0.3) is 0 Å². The van der Waals surface area contributed by atoms with Gasteiger partial charge in [-0.2, -0.15) is 17.5 Å². The number of likely N-dealkylation sites (N-methyl/N-ethyl adjacent to an activating group) is 1. The average molecular weight is 353 g/mol. The van der Waals surface area contributed by atoms with E-state index in [0.717, 1.165) is 28.8 Å². The van der Waals surface area contributed by atoms with Crippen molar-refractivity contribution >= 4 is 10.0 Å². The number of sulfonamides is 1. The van der Waals surface area contributed by atoms with E-state index in [-0.39, 0.29) is 11.3 Å². The highest BCUT2D eigenvalue weighted by atomic mass is 32.2. The number of hydrogen-bond acceptors (Lipinski definition) is 4. The van der Waals surface area contributed by atoms with E-state index < -0.39 is 39.5 Å². The Morgan fingerprint density at radius 1 is 1.30 bits per heavy atom. The molecule has 1 aliphatic rings. The zero-order valence-electron chi connectivity index (χ0n) is 13.0. The summed E-state index contributed by atoms with van der Waals surface area (Å²) in [7, 11) is -2.52. The fourth-order valence-electron chi connectivity index (χ4n) is 2.54. The maximum atomic E-state index is 12.9. The maximum absolute atomic E-state index is 12.9. The molecule has 1 aromatic rings. The number of benzene rings is 1. The Kier molecular flexibility index (Phi) is 4.20. The molecule has 0 radical (unpaired) electrons. The Morgan fingerprint density at radius 3 is 2.35 bits per heavy atom. The molecule has 0 unspecified atom stereocenters. The van der Waals surface area contributed by atoms with Gasteiger partial charge in [0.1, 0.15) is 17.5 Å². The van der Waals surface area contributed by atoms with Gasteiger partial charge < -0.3 is 9.84 Å². The lowest BCUT2D eigenvalue weighted by molar-refractivity contribution is -0.138. The van der Waals surface area contributed by atoms with Crippen molar-refractivity contribution in [3.63, 3.8) is 0 Å². The monoisotopic (exact) mass is 353 g/mol. The summed E-state index contributed by atoms with van der Waals surface area (Å²) in [5, 5.41) is 10.5. The maximum Gasteiger partial charge on any atom is 0.416 e. The van der Waals surface area contributed by atoms with Gasteiger partial charge in [0.05, 0.1) is 17.9 Å². The normalized spacial score (nSPS) is 24.2. The van der Waals surface area contributed by atoms with Gasteiger partial charge in [-0.15, -0.1) is 0 Å². The van der Waals surface area contributed by atoms with E-state index in [1.807, 2.05) is 0 Å². The van der Waals surface area contributed by atoms with E-state index in [1.165, 1.54) is 7.05 Å². The van der Waals surface area contributed by atoms with Gasteiger partial charge in [0.2, 0.25) is 10.0 Å². The van der Waals surface area contributed by atoms with Crippen LogP contribution in [0.25, 0.3) is 0 Å². The first-order chi connectivity index (χ1) is 10.2. The number of ether oxygens (including phenoxy) is 1. The predicted octanol–water partition coefficient (Wildman–Crippen LogP) is 2.17. The fraction of sp³-hybridized carbons (Fsp3) is 0.571. The second-order valence-corrected chi connectivity index (χ2v) is 8.17. The van der Waals surface area contributed by atoms with Gasteiger partial charge in [-0.25, -0.2) is 8.42 Å². The molecular formula is C14H18F3NO4S. The van der Waals surface area contributed by atoms with Crippen LogP contribution in [0.4, 0.5) is 13.2 Å². The minimum atomic E-state index is -4.58. The van der Waals surface area contributed by atoms with Crippen LogP contribution >= 0.6 is 0 Å². The van der Waals surface area contributed by atoms with Gasteiger partial charge in [-0.3, -0.25) is 0 Å². The molecule has 130 valence electrons. The van der Waals surface area contributed by atoms with Crippen molar-refractivity contribution in [2.45, 2.75) is 37.8 Å². The molecule has 9 heteroatoms. The molecule has 1 N–H and O–H groups in total. The summed E-state index contributed by atoms with van der Waals surface area (Å²) in [6.07, 6.45) is -4.99. The first kappa shape index (κ1) is 18.0. The lowest BCUT2D eigenvalue weighted by Crippen LogP contribution is -2.53. The van der Waals surface area contributed by atoms with Crippen LogP contribution in [0.3, 0.4) is 0 Å². The van der Waals surface area contributed by atoms with E-state index >= 15 is 0 Å². The second kappa shape index (κ2) is 5.35. The van der Waals surface area contributed by atoms with Crippen LogP contribution in [0, 0.1) is 0 Å². The highest BCUT2D eigenvalue weighted by Gasteiger charge is 2.47. The molecule has 0 fully saturated rings. The molecule has 1 aliphatic heterocycles. The number of aliphatic hydroxyl groups excluding tert-OH is 1. The third kappa shape index (κ3) is 3.31. The third-order valence-corrected chi connectivity index (χ3v) is 5.23. The summed E-state index contributed by atoms with van der Waals surface area (Å²) in [5.41, 5.74) is -2.10. The smallest absolute Gasteiger partial charge is 0.416 e. The minimum absolute atomic E-state index is 0.0143. The standard InChI is InChI=1S/C14H18F3NO4S/c1-13(2)12(19)11(18(3)23(4,20)21)9-7-8(14(15,16)17)5-6-10(9)22-13/h5-7,11-12,19H,1-4H3/t11-,12+/m0/s1. The number of nitrogens with zero attached hydrogens (tertiary/aromatic N) is 1. The van der Waals surface area contributed by atoms with Crippen molar-refractivity contribution in [3.8, 4) is 5.75 Å². The Labute approximate surface area is 132 Å². The molecule has 0 aromatic heterocycles. The Hall–Kier alpha value is -1.32. The molecule has 2 atom stereocenters. The van der Waals surface area contributed by atoms with E-state index in [0.29, 0.717) is 0 Å². The first-order valence-corrected chi connectivity index (χ1v) is 8.61. The summed E-state index contributed by atoms with van der Waals surface area (Å²) in [6.45, 7) is 3.09. The molecule has 1 heterocycles. The fourth-order valence-corrected chi connectivity index (χ4v) is 3.19. The number of alkyl halides is 3. The van der Waals surface area contributed by atoms with Crippen molar-refractivity contribution in [3.05, 3.63) is 29.3 Å².